The first-order valence-corrected chi connectivity index (χ1v) is 20.1. The van der Waals surface area contributed by atoms with E-state index in [1.54, 1.807) is 0 Å². The second-order valence-electron chi connectivity index (χ2n) is 13.8. The molecule has 0 aliphatic carbocycles. The van der Waals surface area contributed by atoms with Crippen LogP contribution < -0.4 is 5.32 Å². The summed E-state index contributed by atoms with van der Waals surface area (Å²) in [4.78, 5) is 0. The zero-order valence-electron chi connectivity index (χ0n) is 29.4. The topological polar surface area (TPSA) is 12.0 Å². The van der Waals surface area contributed by atoms with E-state index in [0.29, 0.717) is 0 Å². The van der Waals surface area contributed by atoms with Crippen LogP contribution in [0.3, 0.4) is 0 Å². The van der Waals surface area contributed by atoms with Crippen LogP contribution in [0.2, 0.25) is 0 Å². The van der Waals surface area contributed by atoms with E-state index >= 15 is 0 Å². The number of hydrogen-bond acceptors (Lipinski definition) is 1. The molecule has 0 aromatic carbocycles. The number of rotatable bonds is 38. The zero-order chi connectivity index (χ0) is 29.6. The Balaban J connectivity index is 3.02. The van der Waals surface area contributed by atoms with Crippen molar-refractivity contribution in [3.63, 3.8) is 0 Å². The van der Waals surface area contributed by atoms with Crippen LogP contribution in [0.25, 0.3) is 0 Å². The Kier molecular flexibility index (Phi) is 39.9. The Bertz CT molecular complexity index is 381. The molecular weight excluding hydrogens is 494 g/mol. The second-order valence-corrected chi connectivity index (χ2v) is 13.8. The fourth-order valence-electron chi connectivity index (χ4n) is 6.43. The molecule has 0 aliphatic heterocycles. The molecule has 1 N–H and O–H groups in total. The average molecular weight is 578 g/mol. The summed E-state index contributed by atoms with van der Waals surface area (Å²) < 4.78 is 0. The molecule has 0 rings (SSSR count). The molecule has 0 unspecified atom stereocenters. The van der Waals surface area contributed by atoms with E-state index in [0.717, 1.165) is 0 Å². The Morgan fingerprint density at radius 3 is 0.512 bits per heavy atom. The minimum absolute atomic E-state index is 1.25. The van der Waals surface area contributed by atoms with Gasteiger partial charge in [0.2, 0.25) is 0 Å². The van der Waals surface area contributed by atoms with Crippen LogP contribution in [0, 0.1) is 0 Å². The van der Waals surface area contributed by atoms with E-state index in [9.17, 15) is 0 Å². The van der Waals surface area contributed by atoms with Crippen molar-refractivity contribution in [1.82, 2.24) is 5.32 Å². The second kappa shape index (κ2) is 40.0. The lowest BCUT2D eigenvalue weighted by Crippen LogP contribution is -2.16. The minimum Gasteiger partial charge on any atom is -0.317 e. The highest BCUT2D eigenvalue weighted by Crippen LogP contribution is 2.16. The van der Waals surface area contributed by atoms with Gasteiger partial charge in [-0.1, -0.05) is 232 Å². The quantitative estimate of drug-likeness (QED) is 0.0719. The van der Waals surface area contributed by atoms with Gasteiger partial charge in [0.1, 0.15) is 0 Å². The van der Waals surface area contributed by atoms with Crippen LogP contribution in [0.5, 0.6) is 0 Å². The first-order valence-electron chi connectivity index (χ1n) is 20.1. The summed E-state index contributed by atoms with van der Waals surface area (Å²) in [7, 11) is 0. The van der Waals surface area contributed by atoms with Gasteiger partial charge in [0.25, 0.3) is 0 Å². The van der Waals surface area contributed by atoms with Crippen LogP contribution in [0.4, 0.5) is 0 Å². The van der Waals surface area contributed by atoms with E-state index in [-0.39, 0.29) is 0 Å². The van der Waals surface area contributed by atoms with Crippen LogP contribution >= 0.6 is 0 Å². The number of hydrogen-bond donors (Lipinski definition) is 1. The van der Waals surface area contributed by atoms with Gasteiger partial charge in [-0.15, -0.1) is 0 Å². The van der Waals surface area contributed by atoms with Gasteiger partial charge in [-0.25, -0.2) is 0 Å². The molecule has 0 saturated carbocycles. The average Bonchev–Trinajstić information content (AvgIpc) is 2.98. The van der Waals surface area contributed by atoms with Crippen molar-refractivity contribution in [2.75, 3.05) is 13.1 Å². The molecule has 1 nitrogen and oxygen atoms in total. The molecule has 0 aliphatic rings. The summed E-state index contributed by atoms with van der Waals surface area (Å²) >= 11 is 0. The molecule has 0 aromatic heterocycles. The maximum Gasteiger partial charge on any atom is -0.00489 e. The van der Waals surface area contributed by atoms with Crippen LogP contribution in [-0.2, 0) is 0 Å². The summed E-state index contributed by atoms with van der Waals surface area (Å²) in [6, 6.07) is 0. The van der Waals surface area contributed by atoms with E-state index in [2.05, 4.69) is 19.2 Å². The molecule has 1 heteroatoms. The highest BCUT2D eigenvalue weighted by molar-refractivity contribution is 4.54. The minimum atomic E-state index is 1.25. The molecule has 0 atom stereocenters. The first-order chi connectivity index (χ1) is 20.4. The predicted molar refractivity (Wildman–Crippen MR) is 190 cm³/mol. The fourth-order valence-corrected chi connectivity index (χ4v) is 6.43. The first kappa shape index (κ1) is 41.0. The Labute approximate surface area is 263 Å². The van der Waals surface area contributed by atoms with Gasteiger partial charge in [0.05, 0.1) is 0 Å². The van der Waals surface area contributed by atoms with Gasteiger partial charge in [0, 0.05) is 0 Å². The van der Waals surface area contributed by atoms with Crippen molar-refractivity contribution in [2.24, 2.45) is 0 Å². The van der Waals surface area contributed by atoms with Crippen molar-refractivity contribution < 1.29 is 0 Å². The van der Waals surface area contributed by atoms with E-state index in [1.807, 2.05) is 0 Å². The van der Waals surface area contributed by atoms with Crippen molar-refractivity contribution >= 4 is 0 Å². The van der Waals surface area contributed by atoms with Gasteiger partial charge in [0.15, 0.2) is 0 Å². The summed E-state index contributed by atoms with van der Waals surface area (Å²) in [6.07, 6.45) is 52.7. The highest BCUT2D eigenvalue weighted by Gasteiger charge is 1.97. The molecule has 0 fully saturated rings. The molecule has 0 saturated heterocycles. The maximum atomic E-state index is 3.69. The molecule has 0 spiro atoms. The third kappa shape index (κ3) is 40.0. The highest BCUT2D eigenvalue weighted by atomic mass is 14.8. The summed E-state index contributed by atoms with van der Waals surface area (Å²) in [6.45, 7) is 7.11. The largest absolute Gasteiger partial charge is 0.317 e. The van der Waals surface area contributed by atoms with Crippen molar-refractivity contribution in [3.05, 3.63) is 0 Å². The maximum absolute atomic E-state index is 3.69. The van der Waals surface area contributed by atoms with Gasteiger partial charge < -0.3 is 5.32 Å². The van der Waals surface area contributed by atoms with E-state index in [4.69, 9.17) is 0 Å². The molecule has 0 bridgehead atoms. The normalized spacial score (nSPS) is 11.6. The van der Waals surface area contributed by atoms with Crippen LogP contribution in [-0.4, -0.2) is 13.1 Å². The molecule has 41 heavy (non-hydrogen) atoms. The molecule has 0 aromatic rings. The van der Waals surface area contributed by atoms with Crippen molar-refractivity contribution in [1.29, 1.82) is 0 Å². The standard InChI is InChI=1S/C40H83N/c1-3-5-7-9-11-13-15-17-19-20-21-22-23-24-25-26-28-30-32-34-36-38-40-41-39-37-35-33-31-29-27-18-16-14-12-10-8-6-4-2/h41H,3-40H2,1-2H3. The molecule has 0 amide bonds. The zero-order valence-corrected chi connectivity index (χ0v) is 29.4. The lowest BCUT2D eigenvalue weighted by molar-refractivity contribution is 0.513. The third-order valence-corrected chi connectivity index (χ3v) is 9.41. The lowest BCUT2D eigenvalue weighted by Gasteiger charge is -2.06. The van der Waals surface area contributed by atoms with Crippen molar-refractivity contribution in [2.45, 2.75) is 245 Å². The predicted octanol–water partition coefficient (Wildman–Crippen LogP) is 14.7. The molecule has 248 valence electrons. The Morgan fingerprint density at radius 2 is 0.341 bits per heavy atom. The molecular formula is C40H83N. The summed E-state index contributed by atoms with van der Waals surface area (Å²) in [5, 5.41) is 3.69. The Hall–Kier alpha value is -0.0400. The molecule has 0 heterocycles. The lowest BCUT2D eigenvalue weighted by atomic mass is 10.0. The fraction of sp³-hybridized carbons (Fsp3) is 1.00. The van der Waals surface area contributed by atoms with E-state index in [1.165, 1.54) is 244 Å². The monoisotopic (exact) mass is 578 g/mol. The Morgan fingerprint density at radius 1 is 0.195 bits per heavy atom. The summed E-state index contributed by atoms with van der Waals surface area (Å²) in [5.74, 6) is 0. The van der Waals surface area contributed by atoms with Crippen LogP contribution in [0.1, 0.15) is 245 Å². The van der Waals surface area contributed by atoms with E-state index < -0.39 is 0 Å². The van der Waals surface area contributed by atoms with Crippen LogP contribution in [0.15, 0.2) is 0 Å². The smallest absolute Gasteiger partial charge is 0.00489 e. The number of unbranched alkanes of at least 4 members (excludes halogenated alkanes) is 34. The number of nitrogens with one attached hydrogen (secondary N) is 1. The van der Waals surface area contributed by atoms with Gasteiger partial charge in [-0.05, 0) is 25.9 Å². The van der Waals surface area contributed by atoms with Crippen molar-refractivity contribution in [3.8, 4) is 0 Å². The SMILES string of the molecule is CCCCCCCCCCCCCCCCCCCCCCCCNCCCCCCCCCCCCCCCC. The summed E-state index contributed by atoms with van der Waals surface area (Å²) in [5.41, 5.74) is 0. The molecule has 0 radical (unpaired) electrons. The van der Waals surface area contributed by atoms with Gasteiger partial charge in [-0.2, -0.15) is 0 Å². The third-order valence-electron chi connectivity index (χ3n) is 9.41. The van der Waals surface area contributed by atoms with Gasteiger partial charge >= 0.3 is 0 Å². The van der Waals surface area contributed by atoms with Gasteiger partial charge in [-0.3, -0.25) is 0 Å².